The highest BCUT2D eigenvalue weighted by Gasteiger charge is 2.28. The Bertz CT molecular complexity index is 810. The third-order valence-electron chi connectivity index (χ3n) is 3.47. The van der Waals surface area contributed by atoms with Crippen molar-refractivity contribution in [3.63, 3.8) is 0 Å². The Balaban J connectivity index is 1.94. The molecule has 100 valence electrons. The van der Waals surface area contributed by atoms with E-state index in [4.69, 9.17) is 11.6 Å². The van der Waals surface area contributed by atoms with Gasteiger partial charge in [0.25, 0.3) is 0 Å². The van der Waals surface area contributed by atoms with E-state index in [1.54, 1.807) is 16.8 Å². The molecule has 1 aliphatic carbocycles. The van der Waals surface area contributed by atoms with Crippen LogP contribution in [0.4, 0.5) is 4.39 Å². The first-order chi connectivity index (χ1) is 9.72. The molecule has 0 spiro atoms. The lowest BCUT2D eigenvalue weighted by atomic mass is 10.2. The minimum absolute atomic E-state index is 0.392. The Morgan fingerprint density at radius 3 is 2.80 bits per heavy atom. The summed E-state index contributed by atoms with van der Waals surface area (Å²) in [5, 5.41) is 4.72. The lowest BCUT2D eigenvalue weighted by Crippen LogP contribution is -1.96. The summed E-state index contributed by atoms with van der Waals surface area (Å²) < 4.78 is 14.9. The summed E-state index contributed by atoms with van der Waals surface area (Å²) in [6.07, 6.45) is 6.88. The summed E-state index contributed by atoms with van der Waals surface area (Å²) in [7, 11) is 0. The average molecular weight is 289 g/mol. The quantitative estimate of drug-likeness (QED) is 0.678. The second-order valence-electron chi connectivity index (χ2n) is 4.97. The second-order valence-corrected chi connectivity index (χ2v) is 5.35. The molecule has 0 amide bonds. The maximum absolute atomic E-state index is 13.3. The largest absolute Gasteiger partial charge is 0.261 e. The van der Waals surface area contributed by atoms with Gasteiger partial charge in [-0.25, -0.2) is 13.9 Å². The molecule has 0 N–H and O–H groups in total. The van der Waals surface area contributed by atoms with Crippen molar-refractivity contribution in [2.24, 2.45) is 0 Å². The molecule has 0 unspecified atom stereocenters. The first-order valence-electron chi connectivity index (χ1n) is 6.37. The van der Waals surface area contributed by atoms with E-state index in [-0.39, 0.29) is 0 Å². The minimum Gasteiger partial charge on any atom is -0.261 e. The van der Waals surface area contributed by atoms with Gasteiger partial charge in [0.1, 0.15) is 11.0 Å². The number of fused-ring (bicyclic) bond motifs is 1. The van der Waals surface area contributed by atoms with Gasteiger partial charge in [-0.2, -0.15) is 5.10 Å². The topological polar surface area (TPSA) is 43.1 Å². The van der Waals surface area contributed by atoms with Crippen LogP contribution in [-0.4, -0.2) is 19.6 Å². The highest BCUT2D eigenvalue weighted by molar-refractivity contribution is 6.30. The lowest BCUT2D eigenvalue weighted by Gasteiger charge is -2.04. The molecule has 1 saturated carbocycles. The van der Waals surface area contributed by atoms with E-state index < -0.39 is 5.82 Å². The van der Waals surface area contributed by atoms with Crippen LogP contribution in [-0.2, 0) is 0 Å². The van der Waals surface area contributed by atoms with Gasteiger partial charge in [0.15, 0.2) is 5.65 Å². The summed E-state index contributed by atoms with van der Waals surface area (Å²) in [4.78, 5) is 8.43. The Morgan fingerprint density at radius 2 is 2.05 bits per heavy atom. The fourth-order valence-corrected chi connectivity index (χ4v) is 2.55. The van der Waals surface area contributed by atoms with E-state index in [0.717, 1.165) is 30.2 Å². The molecule has 6 heteroatoms. The smallest absolute Gasteiger partial charge is 0.160 e. The van der Waals surface area contributed by atoms with Crippen molar-refractivity contribution in [1.29, 1.82) is 0 Å². The van der Waals surface area contributed by atoms with Gasteiger partial charge in [0.2, 0.25) is 0 Å². The van der Waals surface area contributed by atoms with Crippen molar-refractivity contribution in [1.82, 2.24) is 19.6 Å². The molecule has 0 aromatic carbocycles. The van der Waals surface area contributed by atoms with Crippen molar-refractivity contribution in [2.45, 2.75) is 18.8 Å². The highest BCUT2D eigenvalue weighted by Crippen LogP contribution is 2.42. The molecule has 1 fully saturated rings. The first kappa shape index (κ1) is 11.8. The molecule has 0 aliphatic heterocycles. The summed E-state index contributed by atoms with van der Waals surface area (Å²) >= 11 is 6.24. The Hall–Kier alpha value is -2.01. The predicted molar refractivity (Wildman–Crippen MR) is 73.2 cm³/mol. The maximum Gasteiger partial charge on any atom is 0.160 e. The number of halogens is 2. The molecule has 3 heterocycles. The van der Waals surface area contributed by atoms with Gasteiger partial charge < -0.3 is 0 Å². The van der Waals surface area contributed by atoms with E-state index in [0.29, 0.717) is 22.3 Å². The predicted octanol–water partition coefficient (Wildman–Crippen LogP) is 3.46. The van der Waals surface area contributed by atoms with Crippen LogP contribution in [0.3, 0.4) is 0 Å². The number of rotatable bonds is 2. The maximum atomic E-state index is 13.3. The van der Waals surface area contributed by atoms with Gasteiger partial charge in [-0.15, -0.1) is 0 Å². The molecule has 4 nitrogen and oxygen atoms in total. The zero-order valence-corrected chi connectivity index (χ0v) is 11.2. The number of nitrogens with zero attached hydrogens (tertiary/aromatic N) is 4. The standard InChI is InChI=1S/C14H10ClFN4/c15-13-4-12(9-3-10(16)6-17-5-9)19-14-11(8-1-2-8)7-18-20(13)14/h3-8H,1-2H2. The van der Waals surface area contributed by atoms with E-state index in [1.165, 1.54) is 6.07 Å². The van der Waals surface area contributed by atoms with Gasteiger partial charge >= 0.3 is 0 Å². The van der Waals surface area contributed by atoms with Crippen molar-refractivity contribution in [3.05, 3.63) is 47.3 Å². The summed E-state index contributed by atoms with van der Waals surface area (Å²) in [6.45, 7) is 0. The second kappa shape index (κ2) is 4.24. The van der Waals surface area contributed by atoms with Crippen LogP contribution in [0.5, 0.6) is 0 Å². The fraction of sp³-hybridized carbons (Fsp3) is 0.214. The Labute approximate surface area is 119 Å². The van der Waals surface area contributed by atoms with Crippen molar-refractivity contribution in [3.8, 4) is 11.3 Å². The Kier molecular flexibility index (Phi) is 2.50. The van der Waals surface area contributed by atoms with Crippen LogP contribution in [0.15, 0.2) is 30.7 Å². The van der Waals surface area contributed by atoms with Crippen molar-refractivity contribution in [2.75, 3.05) is 0 Å². The molecule has 0 bridgehead atoms. The number of aromatic nitrogens is 4. The minimum atomic E-state index is -0.392. The fourth-order valence-electron chi connectivity index (χ4n) is 2.33. The molecule has 0 atom stereocenters. The zero-order valence-electron chi connectivity index (χ0n) is 10.4. The van der Waals surface area contributed by atoms with Gasteiger partial charge in [-0.1, -0.05) is 11.6 Å². The number of hydrogen-bond acceptors (Lipinski definition) is 3. The lowest BCUT2D eigenvalue weighted by molar-refractivity contribution is 0.622. The molecule has 20 heavy (non-hydrogen) atoms. The number of pyridine rings is 1. The van der Waals surface area contributed by atoms with Crippen LogP contribution >= 0.6 is 11.6 Å². The van der Waals surface area contributed by atoms with Crippen LogP contribution in [0, 0.1) is 5.82 Å². The van der Waals surface area contributed by atoms with Crippen LogP contribution in [0.1, 0.15) is 24.3 Å². The summed E-state index contributed by atoms with van der Waals surface area (Å²) in [5.41, 5.74) is 3.08. The van der Waals surface area contributed by atoms with E-state index in [1.807, 2.05) is 6.20 Å². The van der Waals surface area contributed by atoms with Gasteiger partial charge in [0, 0.05) is 23.4 Å². The number of hydrogen-bond donors (Lipinski definition) is 0. The van der Waals surface area contributed by atoms with Gasteiger partial charge in [-0.3, -0.25) is 4.98 Å². The molecular formula is C14H10ClFN4. The van der Waals surface area contributed by atoms with E-state index in [2.05, 4.69) is 15.1 Å². The SMILES string of the molecule is Fc1cncc(-c2cc(Cl)n3ncc(C4CC4)c3n2)c1. The Morgan fingerprint density at radius 1 is 1.20 bits per heavy atom. The molecule has 3 aromatic heterocycles. The molecule has 1 aliphatic rings. The van der Waals surface area contributed by atoms with E-state index in [9.17, 15) is 4.39 Å². The third-order valence-corrected chi connectivity index (χ3v) is 3.74. The van der Waals surface area contributed by atoms with Crippen molar-refractivity contribution >= 4 is 17.2 Å². The summed E-state index contributed by atoms with van der Waals surface area (Å²) in [5.74, 6) is 0.133. The van der Waals surface area contributed by atoms with Gasteiger partial charge in [0.05, 0.1) is 18.1 Å². The van der Waals surface area contributed by atoms with E-state index >= 15 is 0 Å². The summed E-state index contributed by atoms with van der Waals surface area (Å²) in [6, 6.07) is 3.07. The van der Waals surface area contributed by atoms with Gasteiger partial charge in [-0.05, 0) is 24.8 Å². The zero-order chi connectivity index (χ0) is 13.7. The molecule has 0 radical (unpaired) electrons. The monoisotopic (exact) mass is 288 g/mol. The van der Waals surface area contributed by atoms with Crippen LogP contribution < -0.4 is 0 Å². The van der Waals surface area contributed by atoms with Crippen LogP contribution in [0.25, 0.3) is 16.9 Å². The molecule has 3 aromatic rings. The average Bonchev–Trinajstić information content (AvgIpc) is 3.18. The van der Waals surface area contributed by atoms with Crippen LogP contribution in [0.2, 0.25) is 5.15 Å². The molecular weight excluding hydrogens is 279 g/mol. The molecule has 4 rings (SSSR count). The van der Waals surface area contributed by atoms with Crippen molar-refractivity contribution < 1.29 is 4.39 Å². The third kappa shape index (κ3) is 1.86. The molecule has 0 saturated heterocycles. The highest BCUT2D eigenvalue weighted by atomic mass is 35.5. The normalized spacial score (nSPS) is 14.9. The first-order valence-corrected chi connectivity index (χ1v) is 6.75.